The smallest absolute Gasteiger partial charge is 0.304 e. The molecule has 0 fully saturated rings. The van der Waals surface area contributed by atoms with E-state index in [-0.39, 0.29) is 25.7 Å². The summed E-state index contributed by atoms with van der Waals surface area (Å²) in [5.74, 6) is -4.30. The van der Waals surface area contributed by atoms with E-state index in [1.807, 2.05) is 0 Å². The maximum Gasteiger partial charge on any atom is 0.304 e. The quantitative estimate of drug-likeness (QED) is 0.306. The molecule has 0 radical (unpaired) electrons. The van der Waals surface area contributed by atoms with E-state index < -0.39 is 36.0 Å². The maximum atomic E-state index is 9.92. The van der Waals surface area contributed by atoms with Gasteiger partial charge in [0.05, 0.1) is 25.7 Å². The Morgan fingerprint density at radius 3 is 0.850 bits per heavy atom. The van der Waals surface area contributed by atoms with Gasteiger partial charge < -0.3 is 31.9 Å². The topological polar surface area (TPSA) is 201 Å². The van der Waals surface area contributed by atoms with Crippen LogP contribution in [0.5, 0.6) is 0 Å². The first-order valence-corrected chi connectivity index (χ1v) is 5.42. The van der Waals surface area contributed by atoms with Crippen molar-refractivity contribution in [1.82, 2.24) is 0 Å². The van der Waals surface area contributed by atoms with Crippen LogP contribution in [0, 0.1) is 0 Å². The predicted octanol–water partition coefficient (Wildman–Crippen LogP) is -1.47. The van der Waals surface area contributed by atoms with Crippen LogP contribution in [0.25, 0.3) is 0 Å². The Morgan fingerprint density at radius 1 is 0.600 bits per heavy atom. The van der Waals surface area contributed by atoms with E-state index in [0.717, 1.165) is 0 Å². The first-order chi connectivity index (χ1) is 9.04. The third-order valence-electron chi connectivity index (χ3n) is 1.75. The van der Waals surface area contributed by atoms with Crippen LogP contribution in [-0.2, 0) is 19.2 Å². The van der Waals surface area contributed by atoms with E-state index in [0.29, 0.717) is 0 Å². The summed E-state index contributed by atoms with van der Waals surface area (Å²) < 4.78 is 0. The molecule has 0 aromatic carbocycles. The molecule has 8 N–H and O–H groups in total. The number of carboxylic acids is 4. The number of aliphatic carboxylic acids is 4. The average Bonchev–Trinajstić information content (AvgIpc) is 2.11. The van der Waals surface area contributed by atoms with Gasteiger partial charge in [0.1, 0.15) is 0 Å². The number of carboxylic acid groups (broad SMARTS) is 4. The average molecular weight is 294 g/mol. The van der Waals surface area contributed by atoms with Crippen LogP contribution in [0.15, 0.2) is 0 Å². The molecule has 0 unspecified atom stereocenters. The van der Waals surface area contributed by atoms with Crippen LogP contribution in [0.3, 0.4) is 0 Å². The highest BCUT2D eigenvalue weighted by Gasteiger charge is 2.11. The summed E-state index contributed by atoms with van der Waals surface area (Å²) in [5, 5.41) is 32.5. The summed E-state index contributed by atoms with van der Waals surface area (Å²) in [5.41, 5.74) is 10.2. The second kappa shape index (κ2) is 10.7. The van der Waals surface area contributed by atoms with Crippen molar-refractivity contribution in [2.24, 2.45) is 11.5 Å². The molecule has 0 saturated heterocycles. The Labute approximate surface area is 114 Å². The van der Waals surface area contributed by atoms with Gasteiger partial charge in [0.15, 0.2) is 0 Å². The standard InChI is InChI=1S/2C5H9NO4/c2*6-3(1-4(7)8)2-5(9)10/h2*3H,1-2,6H2,(H,7,8)(H,9,10). The fourth-order valence-electron chi connectivity index (χ4n) is 1.04. The number of hydrogen-bond donors (Lipinski definition) is 6. The lowest BCUT2D eigenvalue weighted by Crippen LogP contribution is -2.26. The van der Waals surface area contributed by atoms with Crippen LogP contribution < -0.4 is 11.5 Å². The van der Waals surface area contributed by atoms with Crippen molar-refractivity contribution >= 4 is 23.9 Å². The molecule has 0 amide bonds. The summed E-state index contributed by atoms with van der Waals surface area (Å²) in [7, 11) is 0. The number of nitrogens with two attached hydrogens (primary N) is 2. The number of hydrogen-bond acceptors (Lipinski definition) is 6. The van der Waals surface area contributed by atoms with Crippen molar-refractivity contribution in [3.63, 3.8) is 0 Å². The fraction of sp³-hybridized carbons (Fsp3) is 0.600. The lowest BCUT2D eigenvalue weighted by atomic mass is 10.1. The zero-order valence-electron chi connectivity index (χ0n) is 10.6. The van der Waals surface area contributed by atoms with E-state index in [4.69, 9.17) is 31.9 Å². The highest BCUT2D eigenvalue weighted by Crippen LogP contribution is 1.94. The molecule has 0 heterocycles. The molecule has 116 valence electrons. The number of carbonyl (C=O) groups is 4. The van der Waals surface area contributed by atoms with Gasteiger partial charge in [0, 0.05) is 12.1 Å². The van der Waals surface area contributed by atoms with Gasteiger partial charge in [-0.15, -0.1) is 0 Å². The predicted molar refractivity (Wildman–Crippen MR) is 65.0 cm³/mol. The monoisotopic (exact) mass is 294 g/mol. The van der Waals surface area contributed by atoms with E-state index in [1.54, 1.807) is 0 Å². The summed E-state index contributed by atoms with van der Waals surface area (Å²) in [4.78, 5) is 39.7. The molecule has 0 rings (SSSR count). The second-order valence-corrected chi connectivity index (χ2v) is 3.91. The minimum absolute atomic E-state index is 0.299. The Balaban J connectivity index is 0. The van der Waals surface area contributed by atoms with E-state index in [2.05, 4.69) is 0 Å². The van der Waals surface area contributed by atoms with Gasteiger partial charge in [-0.25, -0.2) is 0 Å². The lowest BCUT2D eigenvalue weighted by molar-refractivity contribution is -0.141. The molecule has 0 aromatic heterocycles. The molecule has 0 spiro atoms. The van der Waals surface area contributed by atoms with Crippen molar-refractivity contribution < 1.29 is 39.6 Å². The minimum atomic E-state index is -1.08. The van der Waals surface area contributed by atoms with Crippen LogP contribution in [-0.4, -0.2) is 56.4 Å². The normalized spacial score (nSPS) is 9.80. The Morgan fingerprint density at radius 2 is 0.750 bits per heavy atom. The van der Waals surface area contributed by atoms with Crippen molar-refractivity contribution in [3.8, 4) is 0 Å². The molecule has 0 aliphatic heterocycles. The Kier molecular flexibility index (Phi) is 10.8. The van der Waals surface area contributed by atoms with E-state index >= 15 is 0 Å². The first kappa shape index (κ1) is 20.1. The highest BCUT2D eigenvalue weighted by molar-refractivity contribution is 5.72. The molecular formula is C10H18N2O8. The van der Waals surface area contributed by atoms with Crippen molar-refractivity contribution in [2.45, 2.75) is 37.8 Å². The molecule has 0 bridgehead atoms. The molecule has 0 aliphatic carbocycles. The van der Waals surface area contributed by atoms with Gasteiger partial charge in [-0.1, -0.05) is 0 Å². The molecular weight excluding hydrogens is 276 g/mol. The summed E-state index contributed by atoms with van der Waals surface area (Å²) >= 11 is 0. The van der Waals surface area contributed by atoms with Crippen LogP contribution in [0.1, 0.15) is 25.7 Å². The van der Waals surface area contributed by atoms with Gasteiger partial charge in [0.2, 0.25) is 0 Å². The molecule has 0 aromatic rings. The van der Waals surface area contributed by atoms with E-state index in [9.17, 15) is 19.2 Å². The molecule has 20 heavy (non-hydrogen) atoms. The third kappa shape index (κ3) is 18.2. The summed E-state index contributed by atoms with van der Waals surface area (Å²) in [6.45, 7) is 0. The summed E-state index contributed by atoms with van der Waals surface area (Å²) in [6.07, 6.45) is -1.20. The van der Waals surface area contributed by atoms with Gasteiger partial charge >= 0.3 is 23.9 Å². The Bertz CT molecular complexity index is 291. The van der Waals surface area contributed by atoms with Gasteiger partial charge in [0.25, 0.3) is 0 Å². The van der Waals surface area contributed by atoms with Crippen LogP contribution in [0.4, 0.5) is 0 Å². The van der Waals surface area contributed by atoms with Gasteiger partial charge in [-0.05, 0) is 0 Å². The Hall–Kier alpha value is -2.20. The van der Waals surface area contributed by atoms with Crippen LogP contribution in [0.2, 0.25) is 0 Å². The molecule has 0 atom stereocenters. The van der Waals surface area contributed by atoms with E-state index in [1.165, 1.54) is 0 Å². The third-order valence-corrected chi connectivity index (χ3v) is 1.75. The largest absolute Gasteiger partial charge is 0.481 e. The lowest BCUT2D eigenvalue weighted by Gasteiger charge is -2.02. The number of rotatable bonds is 8. The zero-order valence-corrected chi connectivity index (χ0v) is 10.6. The minimum Gasteiger partial charge on any atom is -0.481 e. The molecule has 10 nitrogen and oxygen atoms in total. The van der Waals surface area contributed by atoms with Crippen molar-refractivity contribution in [3.05, 3.63) is 0 Å². The van der Waals surface area contributed by atoms with Crippen LogP contribution >= 0.6 is 0 Å². The fourth-order valence-corrected chi connectivity index (χ4v) is 1.04. The molecule has 0 saturated carbocycles. The zero-order chi connectivity index (χ0) is 16.3. The van der Waals surface area contributed by atoms with Gasteiger partial charge in [-0.3, -0.25) is 19.2 Å². The highest BCUT2D eigenvalue weighted by atomic mass is 16.4. The maximum absolute atomic E-state index is 9.92. The first-order valence-electron chi connectivity index (χ1n) is 5.42. The van der Waals surface area contributed by atoms with Gasteiger partial charge in [-0.2, -0.15) is 0 Å². The molecule has 0 aliphatic rings. The second-order valence-electron chi connectivity index (χ2n) is 3.91. The summed E-state index contributed by atoms with van der Waals surface area (Å²) in [6, 6.07) is -1.56. The SMILES string of the molecule is NC(CC(=O)O)CC(=O)O.NC(CC(=O)O)CC(=O)O. The molecule has 10 heteroatoms. The van der Waals surface area contributed by atoms with Crippen molar-refractivity contribution in [1.29, 1.82) is 0 Å². The van der Waals surface area contributed by atoms with Crippen molar-refractivity contribution in [2.75, 3.05) is 0 Å².